The van der Waals surface area contributed by atoms with Gasteiger partial charge in [-0.25, -0.2) is 0 Å². The highest BCUT2D eigenvalue weighted by Crippen LogP contribution is 2.55. The average Bonchev–Trinajstić information content (AvgIpc) is 1.53. The first-order chi connectivity index (χ1) is 55.6. The zero-order valence-electron chi connectivity index (χ0n) is 60.5. The predicted molar refractivity (Wildman–Crippen MR) is 482 cm³/mol. The number of thiophene rings is 1. The summed E-state index contributed by atoms with van der Waals surface area (Å²) in [5.74, 6) is 0. The molecule has 28 rings (SSSR count). The van der Waals surface area contributed by atoms with E-state index in [4.69, 9.17) is 0 Å². The van der Waals surface area contributed by atoms with Gasteiger partial charge in [0, 0.05) is 107 Å². The van der Waals surface area contributed by atoms with Crippen LogP contribution in [-0.2, 0) is 0 Å². The van der Waals surface area contributed by atoms with Gasteiger partial charge < -0.3 is 13.2 Å². The van der Waals surface area contributed by atoms with Gasteiger partial charge >= 0.3 is 0 Å². The normalized spacial score (nSPS) is 12.5. The number of nitrogens with zero attached hydrogens (tertiary/aromatic N) is 3. The molecule has 0 spiro atoms. The Morgan fingerprint density at radius 3 is 0.955 bits per heavy atom. The largest absolute Gasteiger partial charge is 0.308 e. The van der Waals surface area contributed by atoms with Gasteiger partial charge in [0.2, 0.25) is 0 Å². The number of benzene rings is 21. The third kappa shape index (κ3) is 8.02. The Morgan fingerprint density at radius 2 is 0.473 bits per heavy atom. The molecule has 3 nitrogen and oxygen atoms in total. The summed E-state index contributed by atoms with van der Waals surface area (Å²) in [5.41, 5.74) is 24.5. The first-order valence-corrected chi connectivity index (χ1v) is 39.7. The molecule has 0 radical (unpaired) electrons. The first kappa shape index (κ1) is 60.6. The van der Waals surface area contributed by atoms with Crippen molar-refractivity contribution in [2.24, 2.45) is 0 Å². The number of para-hydroxylation sites is 3. The lowest BCUT2D eigenvalue weighted by atomic mass is 9.88. The van der Waals surface area contributed by atoms with Crippen molar-refractivity contribution < 1.29 is 0 Å². The van der Waals surface area contributed by atoms with Crippen LogP contribution in [0.15, 0.2) is 370 Å². The van der Waals surface area contributed by atoms with Gasteiger partial charge in [-0.3, -0.25) is 0 Å². The molecule has 0 aliphatic rings. The third-order valence-electron chi connectivity index (χ3n) is 25.3. The molecule has 0 aliphatic carbocycles. The topological polar surface area (TPSA) is 13.2 Å². The van der Waals surface area contributed by atoms with Gasteiger partial charge in [-0.05, 0) is 147 Å². The van der Waals surface area contributed by atoms with E-state index in [-0.39, 0.29) is 0 Å². The van der Waals surface area contributed by atoms with E-state index in [1.807, 2.05) is 11.3 Å². The van der Waals surface area contributed by atoms with Crippen LogP contribution < -0.4 is 0 Å². The fourth-order valence-electron chi connectivity index (χ4n) is 20.7. The monoisotopic (exact) mass is 1430 g/mol. The predicted octanol–water partition coefficient (Wildman–Crippen LogP) is 30.4. The summed E-state index contributed by atoms with van der Waals surface area (Å²) >= 11 is 1.91. The number of rotatable bonds is 5. The van der Waals surface area contributed by atoms with Gasteiger partial charge in [-0.2, -0.15) is 0 Å². The maximum absolute atomic E-state index is 2.51. The van der Waals surface area contributed by atoms with Gasteiger partial charge in [0.05, 0.1) is 49.7 Å². The summed E-state index contributed by atoms with van der Waals surface area (Å²) in [4.78, 5) is 0. The lowest BCUT2D eigenvalue weighted by molar-refractivity contribution is 1.37. The van der Waals surface area contributed by atoms with E-state index < -0.39 is 0 Å². The Labute approximate surface area is 644 Å². The molecule has 0 unspecified atom stereocenters. The van der Waals surface area contributed by atoms with Crippen molar-refractivity contribution in [3.05, 3.63) is 370 Å². The number of hydrogen-bond donors (Lipinski definition) is 0. The molecular formula is C108H61N3S. The third-order valence-corrected chi connectivity index (χ3v) is 26.5. The second-order valence-electron chi connectivity index (χ2n) is 30.7. The van der Waals surface area contributed by atoms with E-state index in [2.05, 4.69) is 383 Å². The highest BCUT2D eigenvalue weighted by Gasteiger charge is 2.29. The molecule has 0 amide bonds. The van der Waals surface area contributed by atoms with E-state index in [0.29, 0.717) is 0 Å². The fraction of sp³-hybridized carbons (Fsp3) is 0. The Kier molecular flexibility index (Phi) is 12.2. The van der Waals surface area contributed by atoms with E-state index in [1.54, 1.807) is 0 Å². The highest BCUT2D eigenvalue weighted by molar-refractivity contribution is 7.26. The fourth-order valence-corrected chi connectivity index (χ4v) is 22.0. The minimum Gasteiger partial charge on any atom is -0.308 e. The zero-order chi connectivity index (χ0) is 72.7. The number of fused-ring (bicyclic) bond motifs is 24. The quantitative estimate of drug-likeness (QED) is 0.152. The van der Waals surface area contributed by atoms with Crippen molar-refractivity contribution in [2.75, 3.05) is 0 Å². The highest BCUT2D eigenvalue weighted by atomic mass is 32.1. The van der Waals surface area contributed by atoms with Crippen molar-refractivity contribution >= 4 is 210 Å². The molecule has 0 saturated heterocycles. The minimum absolute atomic E-state index is 1.24. The van der Waals surface area contributed by atoms with Crippen LogP contribution >= 0.6 is 11.3 Å². The van der Waals surface area contributed by atoms with Gasteiger partial charge in [0.1, 0.15) is 0 Å². The second kappa shape index (κ2) is 22.6. The van der Waals surface area contributed by atoms with Crippen molar-refractivity contribution in [3.8, 4) is 55.6 Å². The molecule has 514 valence electrons. The smallest absolute Gasteiger partial charge is 0.0626 e. The van der Waals surface area contributed by atoms with Crippen LogP contribution in [0, 0.1) is 0 Å². The van der Waals surface area contributed by atoms with E-state index >= 15 is 0 Å². The number of hydrogen-bond acceptors (Lipinski definition) is 1. The molecule has 7 heterocycles. The standard InChI is InChI=1S/C36H19NS.2C36H21N/c1-2-11-23-20(8-1)24-16-17-26-21-9-3-5-14-29(21)37-30-19-18-25(32(23)34(30)33(24)35(26)37)28-13-7-12-27-22-10-4-6-15-31(22)38-36(27)28;1-2-9-22(10-3-1)23-11-8-12-24(21-23)25-19-20-32-35-33(25)28-15-5-4-13-26(28)29-17-18-30-27-14-6-7-16-31(27)37(32)36(30)34(29)35;1-2-8-22(9-3-1)23-14-16-24(17-15-23)25-20-21-32-35-33(25)28-12-5-4-10-26(28)29-18-19-30-27-11-6-7-13-31(27)37(32)36(30)34(29)35/h1-19H;2*1-21H. The summed E-state index contributed by atoms with van der Waals surface area (Å²) < 4.78 is 10.2. The second-order valence-corrected chi connectivity index (χ2v) is 31.7. The van der Waals surface area contributed by atoms with Crippen LogP contribution in [0.3, 0.4) is 0 Å². The molecule has 21 aromatic carbocycles. The van der Waals surface area contributed by atoms with E-state index in [1.165, 1.54) is 255 Å². The lowest BCUT2D eigenvalue weighted by Crippen LogP contribution is -1.88. The van der Waals surface area contributed by atoms with E-state index in [0.717, 1.165) is 0 Å². The molecule has 0 bridgehead atoms. The van der Waals surface area contributed by atoms with Crippen LogP contribution in [-0.4, -0.2) is 13.2 Å². The van der Waals surface area contributed by atoms with E-state index in [9.17, 15) is 0 Å². The summed E-state index contributed by atoms with van der Waals surface area (Å²) in [7, 11) is 0. The number of aromatic nitrogens is 3. The molecule has 7 aromatic heterocycles. The molecule has 0 fully saturated rings. The Balaban J connectivity index is 0.0000000931. The van der Waals surface area contributed by atoms with Gasteiger partial charge in [-0.15, -0.1) is 11.3 Å². The van der Waals surface area contributed by atoms with Gasteiger partial charge in [0.15, 0.2) is 0 Å². The van der Waals surface area contributed by atoms with Crippen LogP contribution in [0.2, 0.25) is 0 Å². The SMILES string of the molecule is c1ccc(-c2ccc(-c3ccc4c5c3c3ccccc3c3ccc6c7ccccc7n4c6c35)cc2)cc1.c1ccc(-c2cccc(-c3ccc4c5c3c3ccccc3c3ccc6c7ccccc7n4c6c35)c2)cc1.c1ccc2c(c1)sc1c(-c3ccc4c5c3c3ccccc3c3ccc6c7ccccc7n4c6c35)cccc12. The first-order valence-electron chi connectivity index (χ1n) is 38.9. The Bertz CT molecular complexity index is 8740. The maximum Gasteiger partial charge on any atom is 0.0626 e. The van der Waals surface area contributed by atoms with Gasteiger partial charge in [0.25, 0.3) is 0 Å². The van der Waals surface area contributed by atoms with Crippen LogP contribution in [0.4, 0.5) is 0 Å². The summed E-state index contributed by atoms with van der Waals surface area (Å²) in [6.45, 7) is 0. The molecular weight excluding hydrogens is 1370 g/mol. The van der Waals surface area contributed by atoms with Crippen LogP contribution in [0.5, 0.6) is 0 Å². The Hall–Kier alpha value is -14.4. The average molecular weight is 1430 g/mol. The molecule has 0 N–H and O–H groups in total. The van der Waals surface area contributed by atoms with Crippen LogP contribution in [0.25, 0.3) is 255 Å². The Morgan fingerprint density at radius 1 is 0.152 bits per heavy atom. The van der Waals surface area contributed by atoms with Gasteiger partial charge in [-0.1, -0.05) is 322 Å². The summed E-state index contributed by atoms with van der Waals surface area (Å²) in [6, 6.07) is 136. The zero-order valence-corrected chi connectivity index (χ0v) is 61.3. The van der Waals surface area contributed by atoms with Crippen molar-refractivity contribution in [3.63, 3.8) is 0 Å². The van der Waals surface area contributed by atoms with Crippen molar-refractivity contribution in [1.82, 2.24) is 13.2 Å². The molecule has 0 saturated carbocycles. The maximum atomic E-state index is 2.51. The summed E-state index contributed by atoms with van der Waals surface area (Å²) in [6.07, 6.45) is 0. The molecule has 112 heavy (non-hydrogen) atoms. The van der Waals surface area contributed by atoms with Crippen molar-refractivity contribution in [2.45, 2.75) is 0 Å². The molecule has 4 heteroatoms. The summed E-state index contributed by atoms with van der Waals surface area (Å²) in [5, 5.41) is 35.1. The van der Waals surface area contributed by atoms with Crippen molar-refractivity contribution in [1.29, 1.82) is 0 Å². The minimum atomic E-state index is 1.24. The molecule has 28 aromatic rings. The lowest BCUT2D eigenvalue weighted by Gasteiger charge is -2.14. The van der Waals surface area contributed by atoms with Crippen LogP contribution in [0.1, 0.15) is 0 Å². The molecule has 0 atom stereocenters. The molecule has 0 aliphatic heterocycles.